The van der Waals surface area contributed by atoms with Crippen molar-refractivity contribution in [1.82, 2.24) is 0 Å². The van der Waals surface area contributed by atoms with Crippen molar-refractivity contribution in [3.8, 4) is 5.75 Å². The van der Waals surface area contributed by atoms with Gasteiger partial charge in [-0.05, 0) is 43.0 Å². The molecule has 1 rings (SSSR count). The Morgan fingerprint density at radius 3 is 2.63 bits per heavy atom. The summed E-state index contributed by atoms with van der Waals surface area (Å²) in [5.74, 6) is 1.45. The third-order valence-corrected chi connectivity index (χ3v) is 3.20. The second kappa shape index (κ2) is 8.18. The Morgan fingerprint density at radius 2 is 2.05 bits per heavy atom. The van der Waals surface area contributed by atoms with E-state index >= 15 is 0 Å². The monoisotopic (exact) mass is 265 g/mol. The average molecular weight is 265 g/mol. The van der Waals surface area contributed by atoms with E-state index in [1.54, 1.807) is 0 Å². The number of hydrogen-bond acceptors (Lipinski definition) is 3. The van der Waals surface area contributed by atoms with Crippen molar-refractivity contribution in [3.63, 3.8) is 0 Å². The molecule has 0 saturated heterocycles. The van der Waals surface area contributed by atoms with Gasteiger partial charge in [-0.2, -0.15) is 0 Å². The highest BCUT2D eigenvalue weighted by Crippen LogP contribution is 2.28. The molecule has 0 amide bonds. The molecule has 0 spiro atoms. The molecule has 0 saturated carbocycles. The summed E-state index contributed by atoms with van der Waals surface area (Å²) in [5, 5.41) is 10.4. The van der Waals surface area contributed by atoms with Crippen molar-refractivity contribution in [1.29, 1.82) is 0 Å². The van der Waals surface area contributed by atoms with E-state index in [1.807, 2.05) is 24.3 Å². The lowest BCUT2D eigenvalue weighted by atomic mass is 9.88. The quantitative estimate of drug-likeness (QED) is 0.759. The molecule has 0 radical (unpaired) electrons. The van der Waals surface area contributed by atoms with Crippen LogP contribution >= 0.6 is 0 Å². The molecule has 19 heavy (non-hydrogen) atoms. The van der Waals surface area contributed by atoms with Gasteiger partial charge in [-0.25, -0.2) is 0 Å². The lowest BCUT2D eigenvalue weighted by Gasteiger charge is -2.23. The molecule has 2 atom stereocenters. The minimum absolute atomic E-state index is 0.0985. The Kier molecular flexibility index (Phi) is 6.89. The second-order valence-corrected chi connectivity index (χ2v) is 5.49. The van der Waals surface area contributed by atoms with Gasteiger partial charge in [0.05, 0.1) is 12.7 Å². The minimum Gasteiger partial charge on any atom is -0.494 e. The van der Waals surface area contributed by atoms with Crippen molar-refractivity contribution in [3.05, 3.63) is 29.8 Å². The van der Waals surface area contributed by atoms with Crippen LogP contribution in [0.15, 0.2) is 24.3 Å². The van der Waals surface area contributed by atoms with Gasteiger partial charge in [0.2, 0.25) is 0 Å². The summed E-state index contributed by atoms with van der Waals surface area (Å²) < 4.78 is 5.60. The molecule has 2 unspecified atom stereocenters. The van der Waals surface area contributed by atoms with Crippen LogP contribution in [-0.2, 0) is 0 Å². The summed E-state index contributed by atoms with van der Waals surface area (Å²) in [4.78, 5) is 0. The Bertz CT molecular complexity index is 366. The maximum atomic E-state index is 10.4. The molecule has 0 aliphatic heterocycles. The molecule has 1 aromatic carbocycles. The van der Waals surface area contributed by atoms with E-state index in [0.29, 0.717) is 19.1 Å². The standard InChI is InChI=1S/C16H27NO2/c1-4-8-19-15-7-5-6-13(10-15)16(18)14(11-17)9-12(2)3/h5-7,10,12,14,16,18H,4,8-9,11,17H2,1-3H3. The maximum absolute atomic E-state index is 10.4. The number of rotatable bonds is 8. The SMILES string of the molecule is CCCOc1cccc(C(O)C(CN)CC(C)C)c1. The molecule has 0 aliphatic rings. The van der Waals surface area contributed by atoms with Crippen LogP contribution in [0.25, 0.3) is 0 Å². The highest BCUT2D eigenvalue weighted by molar-refractivity contribution is 5.30. The molecule has 0 fully saturated rings. The molecule has 108 valence electrons. The first-order valence-electron chi connectivity index (χ1n) is 7.19. The van der Waals surface area contributed by atoms with E-state index in [-0.39, 0.29) is 5.92 Å². The lowest BCUT2D eigenvalue weighted by molar-refractivity contribution is 0.0991. The molecule has 0 bridgehead atoms. The fourth-order valence-electron chi connectivity index (χ4n) is 2.24. The molecule has 0 heterocycles. The fourth-order valence-corrected chi connectivity index (χ4v) is 2.24. The number of aliphatic hydroxyl groups is 1. The van der Waals surface area contributed by atoms with Crippen LogP contribution in [0.2, 0.25) is 0 Å². The zero-order valence-corrected chi connectivity index (χ0v) is 12.3. The fraction of sp³-hybridized carbons (Fsp3) is 0.625. The van der Waals surface area contributed by atoms with Gasteiger partial charge in [0.15, 0.2) is 0 Å². The summed E-state index contributed by atoms with van der Waals surface area (Å²) in [7, 11) is 0. The number of aliphatic hydroxyl groups excluding tert-OH is 1. The van der Waals surface area contributed by atoms with Crippen LogP contribution in [0.5, 0.6) is 5.75 Å². The Hall–Kier alpha value is -1.06. The van der Waals surface area contributed by atoms with E-state index in [2.05, 4.69) is 20.8 Å². The molecular formula is C16H27NO2. The molecule has 3 nitrogen and oxygen atoms in total. The highest BCUT2D eigenvalue weighted by atomic mass is 16.5. The first kappa shape index (κ1) is 16.0. The van der Waals surface area contributed by atoms with Crippen LogP contribution in [0.3, 0.4) is 0 Å². The zero-order valence-electron chi connectivity index (χ0n) is 12.3. The third kappa shape index (κ3) is 5.21. The van der Waals surface area contributed by atoms with Gasteiger partial charge in [0.1, 0.15) is 5.75 Å². The van der Waals surface area contributed by atoms with Gasteiger partial charge < -0.3 is 15.6 Å². The Balaban J connectivity index is 2.76. The summed E-state index contributed by atoms with van der Waals surface area (Å²) in [5.41, 5.74) is 6.68. The molecule has 3 N–H and O–H groups in total. The van der Waals surface area contributed by atoms with Crippen LogP contribution in [-0.4, -0.2) is 18.3 Å². The van der Waals surface area contributed by atoms with E-state index in [4.69, 9.17) is 10.5 Å². The Morgan fingerprint density at radius 1 is 1.32 bits per heavy atom. The number of hydrogen-bond donors (Lipinski definition) is 2. The van der Waals surface area contributed by atoms with Crippen molar-refractivity contribution < 1.29 is 9.84 Å². The third-order valence-electron chi connectivity index (χ3n) is 3.20. The first-order chi connectivity index (χ1) is 9.08. The smallest absolute Gasteiger partial charge is 0.119 e. The summed E-state index contributed by atoms with van der Waals surface area (Å²) in [6.07, 6.45) is 1.39. The van der Waals surface area contributed by atoms with E-state index in [0.717, 1.165) is 24.2 Å². The molecule has 0 aromatic heterocycles. The van der Waals surface area contributed by atoms with Crippen molar-refractivity contribution in [2.75, 3.05) is 13.2 Å². The number of benzene rings is 1. The van der Waals surface area contributed by atoms with Crippen molar-refractivity contribution in [2.45, 2.75) is 39.7 Å². The summed E-state index contributed by atoms with van der Waals surface area (Å²) >= 11 is 0. The van der Waals surface area contributed by atoms with E-state index in [1.165, 1.54) is 0 Å². The van der Waals surface area contributed by atoms with Crippen LogP contribution in [0.4, 0.5) is 0 Å². The maximum Gasteiger partial charge on any atom is 0.119 e. The van der Waals surface area contributed by atoms with Crippen LogP contribution < -0.4 is 10.5 Å². The summed E-state index contributed by atoms with van der Waals surface area (Å²) in [6.45, 7) is 7.57. The van der Waals surface area contributed by atoms with Gasteiger partial charge in [-0.3, -0.25) is 0 Å². The predicted octanol–water partition coefficient (Wildman–Crippen LogP) is 3.13. The molecular weight excluding hydrogens is 238 g/mol. The van der Waals surface area contributed by atoms with Gasteiger partial charge in [0.25, 0.3) is 0 Å². The molecule has 3 heteroatoms. The van der Waals surface area contributed by atoms with Crippen LogP contribution in [0.1, 0.15) is 45.3 Å². The largest absolute Gasteiger partial charge is 0.494 e. The first-order valence-corrected chi connectivity index (χ1v) is 7.19. The average Bonchev–Trinajstić information content (AvgIpc) is 2.41. The van der Waals surface area contributed by atoms with Gasteiger partial charge >= 0.3 is 0 Å². The Labute approximate surface area is 116 Å². The predicted molar refractivity (Wildman–Crippen MR) is 79.2 cm³/mol. The molecule has 0 aliphatic carbocycles. The normalized spacial score (nSPS) is 14.4. The van der Waals surface area contributed by atoms with E-state index < -0.39 is 6.10 Å². The van der Waals surface area contributed by atoms with Crippen molar-refractivity contribution >= 4 is 0 Å². The molecule has 1 aromatic rings. The number of ether oxygens (including phenoxy) is 1. The summed E-state index contributed by atoms with van der Waals surface area (Å²) in [6, 6.07) is 7.70. The van der Waals surface area contributed by atoms with Crippen molar-refractivity contribution in [2.24, 2.45) is 17.6 Å². The van der Waals surface area contributed by atoms with Gasteiger partial charge in [-0.15, -0.1) is 0 Å². The lowest BCUT2D eigenvalue weighted by Crippen LogP contribution is -2.23. The van der Waals surface area contributed by atoms with Crippen LogP contribution in [0, 0.1) is 11.8 Å². The van der Waals surface area contributed by atoms with Gasteiger partial charge in [0, 0.05) is 5.92 Å². The van der Waals surface area contributed by atoms with E-state index in [9.17, 15) is 5.11 Å². The van der Waals surface area contributed by atoms with Gasteiger partial charge in [-0.1, -0.05) is 32.9 Å². The minimum atomic E-state index is -0.516. The topological polar surface area (TPSA) is 55.5 Å². The highest BCUT2D eigenvalue weighted by Gasteiger charge is 2.21. The zero-order chi connectivity index (χ0) is 14.3. The number of nitrogens with two attached hydrogens (primary N) is 1. The second-order valence-electron chi connectivity index (χ2n) is 5.49.